The van der Waals surface area contributed by atoms with Gasteiger partial charge in [0.1, 0.15) is 5.82 Å². The van der Waals surface area contributed by atoms with Gasteiger partial charge in [0.25, 0.3) is 0 Å². The van der Waals surface area contributed by atoms with Crippen molar-refractivity contribution >= 4 is 0 Å². The minimum Gasteiger partial charge on any atom is -0.335 e. The zero-order valence-corrected chi connectivity index (χ0v) is 12.0. The molecule has 1 aromatic carbocycles. The Morgan fingerprint density at radius 3 is 2.58 bits per heavy atom. The first kappa shape index (κ1) is 13.8. The van der Waals surface area contributed by atoms with Gasteiger partial charge in [0.15, 0.2) is 0 Å². The maximum atomic E-state index is 6.44. The van der Waals surface area contributed by atoms with E-state index >= 15 is 0 Å². The molecule has 0 fully saturated rings. The summed E-state index contributed by atoms with van der Waals surface area (Å²) in [6.45, 7) is 7.46. The van der Waals surface area contributed by atoms with Gasteiger partial charge in [0, 0.05) is 36.8 Å². The second-order valence-electron chi connectivity index (χ2n) is 5.53. The van der Waals surface area contributed by atoms with Crippen molar-refractivity contribution in [3.05, 3.63) is 54.1 Å². The maximum Gasteiger partial charge on any atom is 0.110 e. The number of imidazole rings is 1. The van der Waals surface area contributed by atoms with Crippen LogP contribution >= 0.6 is 0 Å². The van der Waals surface area contributed by atoms with Crippen molar-refractivity contribution in [1.29, 1.82) is 0 Å². The number of benzene rings is 1. The van der Waals surface area contributed by atoms with Crippen LogP contribution in [0, 0.1) is 0 Å². The van der Waals surface area contributed by atoms with E-state index in [-0.39, 0.29) is 11.5 Å². The monoisotopic (exact) mass is 257 g/mol. The van der Waals surface area contributed by atoms with Crippen LogP contribution in [0.2, 0.25) is 0 Å². The molecule has 0 spiro atoms. The first-order valence-corrected chi connectivity index (χ1v) is 6.86. The lowest BCUT2D eigenvalue weighted by molar-refractivity contribution is 0.396. The van der Waals surface area contributed by atoms with Gasteiger partial charge in [-0.25, -0.2) is 4.98 Å². The van der Waals surface area contributed by atoms with E-state index in [1.807, 2.05) is 18.5 Å². The van der Waals surface area contributed by atoms with Crippen LogP contribution in [0.1, 0.15) is 32.2 Å². The van der Waals surface area contributed by atoms with Crippen LogP contribution in [-0.4, -0.2) is 15.6 Å². The summed E-state index contributed by atoms with van der Waals surface area (Å²) in [5.41, 5.74) is 7.66. The quantitative estimate of drug-likeness (QED) is 0.895. The highest BCUT2D eigenvalue weighted by Gasteiger charge is 2.29. The molecule has 2 N–H and O–H groups in total. The Bertz CT molecular complexity index is 514. The van der Waals surface area contributed by atoms with Gasteiger partial charge in [-0.3, -0.25) is 0 Å². The lowest BCUT2D eigenvalue weighted by Gasteiger charge is -2.32. The molecule has 0 saturated heterocycles. The van der Waals surface area contributed by atoms with E-state index in [0.29, 0.717) is 0 Å². The Kier molecular flexibility index (Phi) is 4.05. The molecule has 3 heteroatoms. The van der Waals surface area contributed by atoms with Gasteiger partial charge in [-0.15, -0.1) is 0 Å². The van der Waals surface area contributed by atoms with E-state index in [1.54, 1.807) is 0 Å². The summed E-state index contributed by atoms with van der Waals surface area (Å²) >= 11 is 0. The van der Waals surface area contributed by atoms with E-state index in [2.05, 4.69) is 54.6 Å². The Morgan fingerprint density at radius 1 is 1.26 bits per heavy atom. The van der Waals surface area contributed by atoms with Crippen molar-refractivity contribution in [3.63, 3.8) is 0 Å². The molecule has 19 heavy (non-hydrogen) atoms. The summed E-state index contributed by atoms with van der Waals surface area (Å²) in [7, 11) is 0. The molecule has 1 aromatic heterocycles. The zero-order valence-electron chi connectivity index (χ0n) is 12.0. The molecule has 0 aliphatic heterocycles. The summed E-state index contributed by atoms with van der Waals surface area (Å²) in [5.74, 6) is 1.07. The molecule has 0 aliphatic carbocycles. The van der Waals surface area contributed by atoms with Crippen molar-refractivity contribution in [2.24, 2.45) is 5.73 Å². The standard InChI is InChI=1S/C16H23N3/c1-4-19-11-10-18-15(19)12-14(17)16(2,3)13-8-6-5-7-9-13/h5-11,14H,4,12,17H2,1-3H3. The van der Waals surface area contributed by atoms with E-state index in [4.69, 9.17) is 5.73 Å². The number of nitrogens with two attached hydrogens (primary N) is 1. The minimum absolute atomic E-state index is 0.0441. The molecule has 0 bridgehead atoms. The summed E-state index contributed by atoms with van der Waals surface area (Å²) in [6, 6.07) is 10.5. The molecule has 0 amide bonds. The number of hydrogen-bond acceptors (Lipinski definition) is 2. The Hall–Kier alpha value is -1.61. The molecule has 0 saturated carbocycles. The topological polar surface area (TPSA) is 43.8 Å². The number of aryl methyl sites for hydroxylation is 1. The summed E-state index contributed by atoms with van der Waals surface area (Å²) < 4.78 is 2.15. The van der Waals surface area contributed by atoms with Crippen LogP contribution in [0.25, 0.3) is 0 Å². The fraction of sp³-hybridized carbons (Fsp3) is 0.438. The van der Waals surface area contributed by atoms with Gasteiger partial charge in [0.2, 0.25) is 0 Å². The van der Waals surface area contributed by atoms with Crippen molar-refractivity contribution in [3.8, 4) is 0 Å². The van der Waals surface area contributed by atoms with Gasteiger partial charge >= 0.3 is 0 Å². The number of nitrogens with zero attached hydrogens (tertiary/aromatic N) is 2. The van der Waals surface area contributed by atoms with Gasteiger partial charge in [0.05, 0.1) is 0 Å². The van der Waals surface area contributed by atoms with Crippen molar-refractivity contribution < 1.29 is 0 Å². The van der Waals surface area contributed by atoms with Crippen molar-refractivity contribution in [2.75, 3.05) is 0 Å². The molecule has 3 nitrogen and oxygen atoms in total. The molecule has 1 atom stereocenters. The van der Waals surface area contributed by atoms with E-state index < -0.39 is 0 Å². The highest BCUT2D eigenvalue weighted by atomic mass is 15.1. The average Bonchev–Trinajstić information content (AvgIpc) is 2.87. The third-order valence-corrected chi connectivity index (χ3v) is 3.99. The molecular weight excluding hydrogens is 234 g/mol. The maximum absolute atomic E-state index is 6.44. The van der Waals surface area contributed by atoms with Crippen LogP contribution in [0.4, 0.5) is 0 Å². The fourth-order valence-electron chi connectivity index (χ4n) is 2.35. The summed E-state index contributed by atoms with van der Waals surface area (Å²) in [4.78, 5) is 4.42. The molecule has 102 valence electrons. The Labute approximate surface area is 115 Å². The lowest BCUT2D eigenvalue weighted by Crippen LogP contribution is -2.43. The van der Waals surface area contributed by atoms with Crippen molar-refractivity contribution in [1.82, 2.24) is 9.55 Å². The van der Waals surface area contributed by atoms with Crippen LogP contribution in [0.5, 0.6) is 0 Å². The number of aromatic nitrogens is 2. The lowest BCUT2D eigenvalue weighted by atomic mass is 9.77. The van der Waals surface area contributed by atoms with E-state index in [0.717, 1.165) is 18.8 Å². The minimum atomic E-state index is -0.0637. The molecular formula is C16H23N3. The van der Waals surface area contributed by atoms with Crippen LogP contribution in [0.15, 0.2) is 42.7 Å². The molecule has 2 rings (SSSR count). The SMILES string of the molecule is CCn1ccnc1CC(N)C(C)(C)c1ccccc1. The van der Waals surface area contributed by atoms with Gasteiger partial charge in [-0.1, -0.05) is 44.2 Å². The Balaban J connectivity index is 2.17. The smallest absolute Gasteiger partial charge is 0.110 e. The van der Waals surface area contributed by atoms with E-state index in [9.17, 15) is 0 Å². The predicted molar refractivity (Wildman–Crippen MR) is 79.0 cm³/mol. The highest BCUT2D eigenvalue weighted by molar-refractivity contribution is 5.26. The molecule has 0 radical (unpaired) electrons. The number of hydrogen-bond donors (Lipinski definition) is 1. The first-order chi connectivity index (χ1) is 9.05. The third-order valence-electron chi connectivity index (χ3n) is 3.99. The summed E-state index contributed by atoms with van der Waals surface area (Å²) in [6.07, 6.45) is 4.65. The van der Waals surface area contributed by atoms with E-state index in [1.165, 1.54) is 5.56 Å². The summed E-state index contributed by atoms with van der Waals surface area (Å²) in [5, 5.41) is 0. The molecule has 1 heterocycles. The highest BCUT2D eigenvalue weighted by Crippen LogP contribution is 2.27. The Morgan fingerprint density at radius 2 is 1.95 bits per heavy atom. The second kappa shape index (κ2) is 5.57. The fourth-order valence-corrected chi connectivity index (χ4v) is 2.35. The van der Waals surface area contributed by atoms with Gasteiger partial charge < -0.3 is 10.3 Å². The molecule has 0 aliphatic rings. The second-order valence-corrected chi connectivity index (χ2v) is 5.53. The van der Waals surface area contributed by atoms with Gasteiger partial charge in [-0.05, 0) is 12.5 Å². The van der Waals surface area contributed by atoms with Crippen LogP contribution < -0.4 is 5.73 Å². The first-order valence-electron chi connectivity index (χ1n) is 6.86. The average molecular weight is 257 g/mol. The normalized spacial score (nSPS) is 13.5. The largest absolute Gasteiger partial charge is 0.335 e. The van der Waals surface area contributed by atoms with Gasteiger partial charge in [-0.2, -0.15) is 0 Å². The van der Waals surface area contributed by atoms with Crippen LogP contribution in [0.3, 0.4) is 0 Å². The molecule has 1 unspecified atom stereocenters. The van der Waals surface area contributed by atoms with Crippen molar-refractivity contribution in [2.45, 2.75) is 45.2 Å². The zero-order chi connectivity index (χ0) is 13.9. The third kappa shape index (κ3) is 2.87. The van der Waals surface area contributed by atoms with Crippen LogP contribution in [-0.2, 0) is 18.4 Å². The number of rotatable bonds is 5. The molecule has 2 aromatic rings. The predicted octanol–water partition coefficient (Wildman–Crippen LogP) is 2.75.